The number of rotatable bonds is 0. The lowest BCUT2D eigenvalue weighted by molar-refractivity contribution is 0.272. The van der Waals surface area contributed by atoms with Crippen molar-refractivity contribution in [2.24, 2.45) is 0 Å². The van der Waals surface area contributed by atoms with Crippen LogP contribution in [0.2, 0.25) is 0 Å². The van der Waals surface area contributed by atoms with Crippen molar-refractivity contribution in [2.75, 3.05) is 0 Å². The van der Waals surface area contributed by atoms with Crippen molar-refractivity contribution in [1.82, 2.24) is 0 Å². The normalized spacial score (nSPS) is 10.0. The molecule has 4 rings (SSSR count). The van der Waals surface area contributed by atoms with Crippen LogP contribution in [0.15, 0.2) is 121 Å². The fraction of sp³-hybridized carbons (Fsp3) is 0.143. The Morgan fingerprint density at radius 2 is 0.354 bits per heavy atom. The van der Waals surface area contributed by atoms with Crippen LogP contribution < -0.4 is 0 Å². The first-order chi connectivity index (χ1) is 21.6. The molecule has 0 unspecified atom stereocenters. The molecule has 16 nitrogen and oxygen atoms in total. The average molecular weight is 761 g/mol. The van der Waals surface area contributed by atoms with Gasteiger partial charge in [-0.05, 0) is 27.7 Å². The second kappa shape index (κ2) is 29.3. The molecule has 272 valence electrons. The summed E-state index contributed by atoms with van der Waals surface area (Å²) in [4.78, 5) is 86.2. The second-order valence-corrected chi connectivity index (χ2v) is 12.8. The van der Waals surface area contributed by atoms with Crippen LogP contribution in [-0.2, 0) is 18.3 Å². The minimum Gasteiger partial charge on any atom is -0.303 e. The molecule has 0 aliphatic rings. The van der Waals surface area contributed by atoms with Crippen LogP contribution in [0, 0.1) is 27.7 Å². The Labute approximate surface area is 279 Å². The smallest absolute Gasteiger partial charge is 0.303 e. The highest BCUT2D eigenvalue weighted by molar-refractivity contribution is 7.45. The van der Waals surface area contributed by atoms with Crippen molar-refractivity contribution in [2.45, 2.75) is 27.7 Å². The van der Waals surface area contributed by atoms with Gasteiger partial charge < -0.3 is 58.7 Å². The minimum atomic E-state index is -4.64. The van der Waals surface area contributed by atoms with Crippen LogP contribution in [0.1, 0.15) is 22.3 Å². The molecular weight excluding hydrogens is 716 g/mol. The molecule has 0 aromatic heterocycles. The van der Waals surface area contributed by atoms with Gasteiger partial charge in [0.1, 0.15) is 0 Å². The molecule has 0 saturated carbocycles. The van der Waals surface area contributed by atoms with Crippen molar-refractivity contribution in [3.8, 4) is 0 Å². The lowest BCUT2D eigenvalue weighted by Gasteiger charge is -1.82. The third-order valence-corrected chi connectivity index (χ3v) is 3.76. The Morgan fingerprint density at radius 1 is 0.271 bits per heavy atom. The van der Waals surface area contributed by atoms with E-state index in [0.29, 0.717) is 0 Å². The zero-order valence-corrected chi connectivity index (χ0v) is 29.9. The predicted molar refractivity (Wildman–Crippen MR) is 182 cm³/mol. The molecule has 0 atom stereocenters. The van der Waals surface area contributed by atoms with E-state index in [-0.39, 0.29) is 0 Å². The topological polar surface area (TPSA) is 311 Å². The summed E-state index contributed by atoms with van der Waals surface area (Å²) in [5.74, 6) is 0. The Bertz CT molecular complexity index is 1210. The summed E-state index contributed by atoms with van der Waals surface area (Å²) < 4.78 is 35.5. The van der Waals surface area contributed by atoms with E-state index in [1.807, 2.05) is 72.8 Å². The summed E-state index contributed by atoms with van der Waals surface area (Å²) in [6.45, 7) is 8.33. The summed E-state index contributed by atoms with van der Waals surface area (Å²) in [7, 11) is -18.6. The molecule has 20 heteroatoms. The number of phosphoric acid groups is 4. The largest absolute Gasteiger partial charge is 0.466 e. The first-order valence-corrected chi connectivity index (χ1v) is 19.0. The maximum atomic E-state index is 8.88. The highest BCUT2D eigenvalue weighted by Crippen LogP contribution is 2.27. The van der Waals surface area contributed by atoms with Gasteiger partial charge in [-0.25, -0.2) is 18.3 Å². The van der Waals surface area contributed by atoms with Gasteiger partial charge in [0.2, 0.25) is 0 Å². The predicted octanol–water partition coefficient (Wildman–Crippen LogP) is 4.27. The van der Waals surface area contributed by atoms with Gasteiger partial charge in [-0.15, -0.1) is 0 Å². The maximum absolute atomic E-state index is 8.88. The van der Waals surface area contributed by atoms with Crippen LogP contribution in [0.25, 0.3) is 0 Å². The number of hydrogen-bond donors (Lipinski definition) is 12. The molecule has 0 spiro atoms. The van der Waals surface area contributed by atoms with E-state index in [4.69, 9.17) is 77.0 Å². The van der Waals surface area contributed by atoms with Crippen molar-refractivity contribution in [3.05, 3.63) is 144 Å². The third kappa shape index (κ3) is 90.3. The van der Waals surface area contributed by atoms with Crippen LogP contribution in [0.4, 0.5) is 0 Å². The molecule has 0 aliphatic carbocycles. The summed E-state index contributed by atoms with van der Waals surface area (Å²) >= 11 is 0. The van der Waals surface area contributed by atoms with Crippen molar-refractivity contribution >= 4 is 31.3 Å². The number of hydrogen-bond acceptors (Lipinski definition) is 4. The molecule has 4 aromatic carbocycles. The summed E-state index contributed by atoms with van der Waals surface area (Å²) in [5, 5.41) is 0. The summed E-state index contributed by atoms with van der Waals surface area (Å²) in [6, 6.07) is 41.0. The second-order valence-electron chi connectivity index (χ2n) is 8.67. The highest BCUT2D eigenvalue weighted by atomic mass is 31.2. The zero-order chi connectivity index (χ0) is 38.5. The van der Waals surface area contributed by atoms with Crippen molar-refractivity contribution < 1.29 is 77.0 Å². The lowest BCUT2D eigenvalue weighted by Crippen LogP contribution is -1.66. The number of benzene rings is 4. The Morgan fingerprint density at radius 3 is 0.396 bits per heavy atom. The fourth-order valence-corrected chi connectivity index (χ4v) is 2.14. The molecule has 0 bridgehead atoms. The van der Waals surface area contributed by atoms with Gasteiger partial charge in [0.25, 0.3) is 0 Å². The van der Waals surface area contributed by atoms with Gasteiger partial charge in [0, 0.05) is 0 Å². The summed E-state index contributed by atoms with van der Waals surface area (Å²) in [5.41, 5.74) is 5.29. The SMILES string of the molecule is Cc1ccccc1.Cc1ccccc1.Cc1ccccc1.Cc1ccccc1.O=P(O)(O)O.O=P(O)(O)O.O=P(O)(O)O.O=P(O)(O)O. The molecule has 0 radical (unpaired) electrons. The van der Waals surface area contributed by atoms with Gasteiger partial charge >= 0.3 is 31.3 Å². The number of aryl methyl sites for hydroxylation is 4. The molecule has 0 fully saturated rings. The molecule has 0 aliphatic heterocycles. The first-order valence-electron chi connectivity index (χ1n) is 12.8. The standard InChI is InChI=1S/4C7H8.4H3O4P/c4*1-7-5-3-2-4-6-7;4*1-5(2,3)4/h4*2-6H,1H3;4*(H3,1,2,3,4). The van der Waals surface area contributed by atoms with E-state index < -0.39 is 31.3 Å². The molecule has 12 N–H and O–H groups in total. The first kappa shape index (κ1) is 52.1. The molecule has 4 aromatic rings. The Hall–Kier alpha value is -2.68. The van der Waals surface area contributed by atoms with Crippen LogP contribution in [0.5, 0.6) is 0 Å². The maximum Gasteiger partial charge on any atom is 0.466 e. The molecule has 0 heterocycles. The zero-order valence-electron chi connectivity index (χ0n) is 26.3. The molecular formula is C28H44O16P4. The van der Waals surface area contributed by atoms with Gasteiger partial charge in [0.15, 0.2) is 0 Å². The minimum absolute atomic E-state index is 1.32. The highest BCUT2D eigenvalue weighted by Gasteiger charge is 2.01. The van der Waals surface area contributed by atoms with E-state index in [1.54, 1.807) is 0 Å². The van der Waals surface area contributed by atoms with E-state index in [0.717, 1.165) is 0 Å². The van der Waals surface area contributed by atoms with Gasteiger partial charge in [0.05, 0.1) is 0 Å². The molecule has 0 saturated heterocycles. The monoisotopic (exact) mass is 760 g/mol. The quantitative estimate of drug-likeness (QED) is 0.111. The fourth-order valence-electron chi connectivity index (χ4n) is 2.14. The van der Waals surface area contributed by atoms with E-state index in [2.05, 4.69) is 76.2 Å². The van der Waals surface area contributed by atoms with Gasteiger partial charge in [-0.2, -0.15) is 0 Å². The lowest BCUT2D eigenvalue weighted by atomic mass is 10.2. The van der Waals surface area contributed by atoms with Crippen molar-refractivity contribution in [3.63, 3.8) is 0 Å². The van der Waals surface area contributed by atoms with E-state index in [1.165, 1.54) is 22.3 Å². The Kier molecular flexibility index (Phi) is 31.8. The molecule has 48 heavy (non-hydrogen) atoms. The average Bonchev–Trinajstić information content (AvgIpc) is 2.88. The van der Waals surface area contributed by atoms with Crippen LogP contribution in [-0.4, -0.2) is 58.7 Å². The summed E-state index contributed by atoms with van der Waals surface area (Å²) in [6.07, 6.45) is 0. The van der Waals surface area contributed by atoms with Gasteiger partial charge in [-0.1, -0.05) is 144 Å². The molecule has 0 amide bonds. The van der Waals surface area contributed by atoms with E-state index >= 15 is 0 Å². The van der Waals surface area contributed by atoms with Crippen LogP contribution >= 0.6 is 31.3 Å². The van der Waals surface area contributed by atoms with Gasteiger partial charge in [-0.3, -0.25) is 0 Å². The van der Waals surface area contributed by atoms with Crippen molar-refractivity contribution in [1.29, 1.82) is 0 Å². The van der Waals surface area contributed by atoms with Crippen LogP contribution in [0.3, 0.4) is 0 Å². The van der Waals surface area contributed by atoms with E-state index in [9.17, 15) is 0 Å². The third-order valence-electron chi connectivity index (χ3n) is 3.76. The Balaban J connectivity index is -0.000000232.